The van der Waals surface area contributed by atoms with Gasteiger partial charge in [0, 0.05) is 0 Å². The largest absolute Gasteiger partial charge is 1.00 e. The molecule has 0 saturated carbocycles. The Bertz CT molecular complexity index is 186. The van der Waals surface area contributed by atoms with Crippen LogP contribution < -0.4 is 37.7 Å². The number of hydrogen-bond donors (Lipinski definition) is 0. The summed E-state index contributed by atoms with van der Waals surface area (Å²) in [6, 6.07) is 0. The number of allylic oxidation sites excluding steroid dienone is 2. The molecule has 0 N–H and O–H groups in total. The molecule has 0 aromatic heterocycles. The second kappa shape index (κ2) is 10.3. The van der Waals surface area contributed by atoms with Gasteiger partial charge in [0.05, 0.1) is 0 Å². The van der Waals surface area contributed by atoms with E-state index >= 15 is 0 Å². The average molecular weight is 242 g/mol. The second-order valence-corrected chi connectivity index (χ2v) is 8.33. The van der Waals surface area contributed by atoms with E-state index in [1.807, 2.05) is 12.2 Å². The molecule has 0 amide bonds. The summed E-state index contributed by atoms with van der Waals surface area (Å²) in [6.07, 6.45) is 3.85. The van der Waals surface area contributed by atoms with E-state index in [1.54, 1.807) is 23.5 Å². The first-order valence-corrected chi connectivity index (χ1v) is 6.36. The van der Waals surface area contributed by atoms with Crippen molar-refractivity contribution in [2.75, 3.05) is 0 Å². The molecule has 0 aliphatic rings. The van der Waals surface area contributed by atoms with Gasteiger partial charge in [-0.2, -0.15) is 0 Å². The minimum absolute atomic E-state index is 0. The van der Waals surface area contributed by atoms with Gasteiger partial charge in [0.2, 0.25) is 0 Å². The zero-order chi connectivity index (χ0) is 11.2. The molecule has 0 nitrogen and oxygen atoms in total. The fourth-order valence-electron chi connectivity index (χ4n) is 0.490. The summed E-state index contributed by atoms with van der Waals surface area (Å²) in [5.41, 5.74) is 0. The van der Waals surface area contributed by atoms with Crippen LogP contribution >= 0.6 is 23.5 Å². The molecule has 0 bridgehead atoms. The van der Waals surface area contributed by atoms with Gasteiger partial charge < -0.3 is 23.0 Å². The number of rotatable bonds is 3. The first kappa shape index (κ1) is 22.5. The Morgan fingerprint density at radius 1 is 0.688 bits per heavy atom. The topological polar surface area (TPSA) is 0 Å². The molecule has 0 aliphatic heterocycles. The van der Waals surface area contributed by atoms with E-state index in [1.165, 1.54) is 0 Å². The molecule has 82 valence electrons. The third-order valence-electron chi connectivity index (χ3n) is 0.950. The van der Waals surface area contributed by atoms with Crippen molar-refractivity contribution in [1.29, 1.82) is 0 Å². The molecule has 0 aromatic rings. The predicted octanol–water partition coefficient (Wildman–Crippen LogP) is -1.31. The number of hydrogen-bond acceptors (Lipinski definition) is 2. The van der Waals surface area contributed by atoms with Crippen molar-refractivity contribution in [3.05, 3.63) is 23.0 Å². The third-order valence-corrected chi connectivity index (χ3v) is 2.68. The Labute approximate surface area is 134 Å². The maximum absolute atomic E-state index is 3.17. The maximum Gasteiger partial charge on any atom is 1.00 e. The second-order valence-electron chi connectivity index (χ2n) is 5.00. The Balaban J connectivity index is -0.000000845. The quantitative estimate of drug-likeness (QED) is 0.342. The van der Waals surface area contributed by atoms with Crippen LogP contribution in [0.1, 0.15) is 41.5 Å². The zero-order valence-electron chi connectivity index (χ0n) is 12.0. The Morgan fingerprint density at radius 2 is 0.938 bits per heavy atom. The van der Waals surface area contributed by atoms with Crippen LogP contribution in [0.5, 0.6) is 0 Å². The van der Waals surface area contributed by atoms with Crippen LogP contribution in [-0.4, -0.2) is 9.49 Å². The first-order valence-electron chi connectivity index (χ1n) is 4.73. The Kier molecular flexibility index (Phi) is 14.5. The van der Waals surface area contributed by atoms with E-state index < -0.39 is 0 Å². The molecule has 0 saturated heterocycles. The van der Waals surface area contributed by atoms with Crippen LogP contribution in [0.4, 0.5) is 0 Å². The van der Waals surface area contributed by atoms with Gasteiger partial charge in [-0.25, -0.2) is 0 Å². The molecule has 0 heterocycles. The molecule has 0 radical (unpaired) electrons. The van der Waals surface area contributed by atoms with Gasteiger partial charge in [-0.1, -0.05) is 41.5 Å². The molecule has 0 atom stereocenters. The van der Waals surface area contributed by atoms with Gasteiger partial charge in [0.15, 0.2) is 0 Å². The predicted molar refractivity (Wildman–Crippen MR) is 70.3 cm³/mol. The van der Waals surface area contributed by atoms with Crippen molar-refractivity contribution >= 4 is 23.5 Å². The Hall–Kier alpha value is 1.37. The van der Waals surface area contributed by atoms with Gasteiger partial charge in [0.25, 0.3) is 0 Å². The molecule has 0 aliphatic carbocycles. The molecule has 0 fully saturated rings. The van der Waals surface area contributed by atoms with Gasteiger partial charge in [-0.3, -0.25) is 23.5 Å². The standard InChI is InChI=1S/C12H20S2.2Li/c1-11(2,3)13-9-7-8-10-14-12(4,5)6;;/h7-8H,1-6H3;;/q-2;2*+1. The minimum atomic E-state index is 0. The van der Waals surface area contributed by atoms with Gasteiger partial charge in [0.1, 0.15) is 0 Å². The SMILES string of the molecule is CC(C)(C)S[C-]=CC=[C-]SC(C)(C)C.[Li+].[Li+]. The first-order chi connectivity index (χ1) is 6.21. The fourth-order valence-corrected chi connectivity index (χ4v) is 1.47. The molecule has 4 heteroatoms. The molecule has 0 aromatic carbocycles. The summed E-state index contributed by atoms with van der Waals surface area (Å²) in [7, 11) is 0. The van der Waals surface area contributed by atoms with Crippen molar-refractivity contribution in [2.45, 2.75) is 51.0 Å². The smallest absolute Gasteiger partial charge is 0.380 e. The van der Waals surface area contributed by atoms with Crippen molar-refractivity contribution in [2.24, 2.45) is 0 Å². The maximum atomic E-state index is 3.17. The van der Waals surface area contributed by atoms with E-state index in [4.69, 9.17) is 0 Å². The van der Waals surface area contributed by atoms with E-state index in [0.29, 0.717) is 0 Å². The van der Waals surface area contributed by atoms with E-state index in [2.05, 4.69) is 52.4 Å². The van der Waals surface area contributed by atoms with E-state index in [9.17, 15) is 0 Å². The molecule has 16 heavy (non-hydrogen) atoms. The summed E-state index contributed by atoms with van der Waals surface area (Å²) < 4.78 is 0.503. The molecule has 0 unspecified atom stereocenters. The van der Waals surface area contributed by atoms with Crippen molar-refractivity contribution in [1.82, 2.24) is 0 Å². The molecule has 0 rings (SSSR count). The Morgan fingerprint density at radius 3 is 1.12 bits per heavy atom. The van der Waals surface area contributed by atoms with Crippen molar-refractivity contribution < 1.29 is 37.7 Å². The van der Waals surface area contributed by atoms with Crippen LogP contribution in [0.25, 0.3) is 0 Å². The normalized spacial score (nSPS) is 12.6. The average Bonchev–Trinajstić information content (AvgIpc) is 1.92. The van der Waals surface area contributed by atoms with Gasteiger partial charge in [-0.15, -0.1) is 0 Å². The summed E-state index contributed by atoms with van der Waals surface area (Å²) in [4.78, 5) is 0. The third kappa shape index (κ3) is 20.7. The minimum Gasteiger partial charge on any atom is -0.380 e. The van der Waals surface area contributed by atoms with E-state index in [-0.39, 0.29) is 47.2 Å². The summed E-state index contributed by atoms with van der Waals surface area (Å²) >= 11 is 3.41. The summed E-state index contributed by atoms with van der Waals surface area (Å²) in [5, 5.41) is 6.34. The van der Waals surface area contributed by atoms with Crippen LogP contribution in [-0.2, 0) is 0 Å². The van der Waals surface area contributed by atoms with Crippen LogP contribution in [0.3, 0.4) is 0 Å². The van der Waals surface area contributed by atoms with Crippen molar-refractivity contribution in [3.63, 3.8) is 0 Å². The fraction of sp³-hybridized carbons (Fsp3) is 0.667. The van der Waals surface area contributed by atoms with Crippen LogP contribution in [0.15, 0.2) is 12.2 Å². The van der Waals surface area contributed by atoms with Crippen molar-refractivity contribution in [3.8, 4) is 0 Å². The monoisotopic (exact) mass is 242 g/mol. The van der Waals surface area contributed by atoms with Crippen LogP contribution in [0, 0.1) is 10.8 Å². The van der Waals surface area contributed by atoms with Gasteiger partial charge in [-0.05, 0) is 9.49 Å². The zero-order valence-corrected chi connectivity index (χ0v) is 13.6. The molecular formula is C12H20Li2S2. The molecular weight excluding hydrogens is 222 g/mol. The van der Waals surface area contributed by atoms with E-state index in [0.717, 1.165) is 0 Å². The molecule has 0 spiro atoms. The number of thioether (sulfide) groups is 2. The van der Waals surface area contributed by atoms with Gasteiger partial charge >= 0.3 is 37.7 Å². The van der Waals surface area contributed by atoms with Crippen LogP contribution in [0.2, 0.25) is 0 Å². The summed E-state index contributed by atoms with van der Waals surface area (Å²) in [5.74, 6) is 0. The summed E-state index contributed by atoms with van der Waals surface area (Å²) in [6.45, 7) is 13.1.